The van der Waals surface area contributed by atoms with Crippen LogP contribution in [0.15, 0.2) is 47.3 Å². The second-order valence-electron chi connectivity index (χ2n) is 7.07. The van der Waals surface area contributed by atoms with Gasteiger partial charge in [0.1, 0.15) is 12.1 Å². The first kappa shape index (κ1) is 17.9. The van der Waals surface area contributed by atoms with Crippen LogP contribution < -0.4 is 5.73 Å². The topological polar surface area (TPSA) is 75.3 Å². The Balaban J connectivity index is 1.39. The smallest absolute Gasteiger partial charge is 0.237 e. The van der Waals surface area contributed by atoms with Crippen molar-refractivity contribution in [3.8, 4) is 0 Å². The molecule has 6 nitrogen and oxygen atoms in total. The highest BCUT2D eigenvalue weighted by Gasteiger charge is 2.24. The van der Waals surface area contributed by atoms with Gasteiger partial charge in [-0.3, -0.25) is 9.69 Å². The maximum Gasteiger partial charge on any atom is 0.237 e. The third kappa shape index (κ3) is 4.12. The Kier molecular flexibility index (Phi) is 5.09. The first-order valence-corrected chi connectivity index (χ1v) is 9.50. The van der Waals surface area contributed by atoms with Crippen LogP contribution in [0.2, 0.25) is 0 Å². The molecule has 0 saturated carbocycles. The molecule has 0 bridgehead atoms. The minimum absolute atomic E-state index is 0.154. The molecule has 2 N–H and O–H groups in total. The third-order valence-electron chi connectivity index (χ3n) is 5.08. The van der Waals surface area contributed by atoms with Crippen LogP contribution in [0.3, 0.4) is 0 Å². The summed E-state index contributed by atoms with van der Waals surface area (Å²) in [5.74, 6) is 0.629. The molecule has 1 aliphatic heterocycles. The number of carbonyl (C=O) groups is 1. The Bertz CT molecular complexity index is 939. The number of benzene rings is 1. The largest absolute Gasteiger partial charge is 0.383 e. The number of rotatable bonds is 4. The molecule has 7 heteroatoms. The van der Waals surface area contributed by atoms with Gasteiger partial charge in [0.05, 0.1) is 12.1 Å². The molecule has 2 heterocycles. The van der Waals surface area contributed by atoms with Gasteiger partial charge in [-0.15, -0.1) is 0 Å². The molecule has 1 saturated heterocycles. The van der Waals surface area contributed by atoms with Crippen molar-refractivity contribution in [1.82, 2.24) is 19.8 Å². The first-order chi connectivity index (χ1) is 13.1. The van der Waals surface area contributed by atoms with Gasteiger partial charge in [-0.25, -0.2) is 9.97 Å². The number of amides is 1. The molecule has 27 heavy (non-hydrogen) atoms. The number of piperazine rings is 1. The van der Waals surface area contributed by atoms with Gasteiger partial charge in [-0.05, 0) is 36.6 Å². The summed E-state index contributed by atoms with van der Waals surface area (Å²) in [6.45, 7) is 3.44. The van der Waals surface area contributed by atoms with Gasteiger partial charge in [0, 0.05) is 36.6 Å². The van der Waals surface area contributed by atoms with Gasteiger partial charge in [0.25, 0.3) is 0 Å². The highest BCUT2D eigenvalue weighted by molar-refractivity contribution is 6.31. The fourth-order valence-corrected chi connectivity index (χ4v) is 3.90. The van der Waals surface area contributed by atoms with Crippen molar-refractivity contribution in [1.29, 1.82) is 0 Å². The van der Waals surface area contributed by atoms with Crippen molar-refractivity contribution in [3.05, 3.63) is 52.8 Å². The predicted octanol–water partition coefficient (Wildman–Crippen LogP) is 2.70. The lowest BCUT2D eigenvalue weighted by Gasteiger charge is -2.35. The lowest BCUT2D eigenvalue weighted by molar-refractivity contribution is -0.136. The van der Waals surface area contributed by atoms with Crippen molar-refractivity contribution in [2.75, 3.05) is 31.9 Å². The van der Waals surface area contributed by atoms with E-state index in [0.29, 0.717) is 18.9 Å². The van der Waals surface area contributed by atoms with E-state index in [1.807, 2.05) is 35.3 Å². The molecule has 0 spiro atoms. The summed E-state index contributed by atoms with van der Waals surface area (Å²) in [6.07, 6.45) is 7.54. The molecule has 4 rings (SSSR count). The van der Waals surface area contributed by atoms with Crippen LogP contribution in [0.5, 0.6) is 0 Å². The van der Waals surface area contributed by atoms with Gasteiger partial charge in [0.2, 0.25) is 5.91 Å². The number of allylic oxidation sites excluding steroid dienone is 3. The lowest BCUT2D eigenvalue weighted by atomic mass is 10.0. The molecule has 1 aliphatic carbocycles. The molecule has 140 valence electrons. The quantitative estimate of drug-likeness (QED) is 0.878. The normalized spacial score (nSPS) is 18.6. The highest BCUT2D eigenvalue weighted by atomic mass is 35.5. The molecule has 2 aromatic rings. The Morgan fingerprint density at radius 2 is 2.07 bits per heavy atom. The fourth-order valence-electron chi connectivity index (χ4n) is 3.64. The number of halogens is 1. The molecule has 2 aliphatic rings. The maximum atomic E-state index is 12.6. The highest BCUT2D eigenvalue weighted by Crippen LogP contribution is 2.22. The molecule has 1 fully saturated rings. The summed E-state index contributed by atoms with van der Waals surface area (Å²) >= 11 is 6.10. The molecular formula is C20H22ClN5O. The number of aromatic nitrogens is 2. The minimum Gasteiger partial charge on any atom is -0.383 e. The summed E-state index contributed by atoms with van der Waals surface area (Å²) in [7, 11) is 0. The van der Waals surface area contributed by atoms with Gasteiger partial charge in [0.15, 0.2) is 0 Å². The van der Waals surface area contributed by atoms with Crippen LogP contribution in [0.4, 0.5) is 5.82 Å². The van der Waals surface area contributed by atoms with Crippen LogP contribution in [-0.4, -0.2) is 51.9 Å². The zero-order valence-electron chi connectivity index (χ0n) is 15.1. The number of nitrogen functional groups attached to an aromatic ring is 1. The first-order valence-electron chi connectivity index (χ1n) is 9.13. The maximum absolute atomic E-state index is 12.6. The van der Waals surface area contributed by atoms with Crippen LogP contribution in [0.25, 0.3) is 10.9 Å². The Morgan fingerprint density at radius 3 is 2.89 bits per heavy atom. The number of hydrogen-bond donors (Lipinski definition) is 1. The van der Waals surface area contributed by atoms with Crippen molar-refractivity contribution in [3.63, 3.8) is 0 Å². The van der Waals surface area contributed by atoms with Crippen molar-refractivity contribution < 1.29 is 4.79 Å². The summed E-state index contributed by atoms with van der Waals surface area (Å²) in [5.41, 5.74) is 9.03. The fraction of sp³-hybridized carbons (Fsp3) is 0.350. The van der Waals surface area contributed by atoms with E-state index in [9.17, 15) is 4.79 Å². The van der Waals surface area contributed by atoms with Crippen molar-refractivity contribution in [2.45, 2.75) is 19.4 Å². The van der Waals surface area contributed by atoms with E-state index in [-0.39, 0.29) is 5.91 Å². The zero-order valence-corrected chi connectivity index (χ0v) is 15.8. The molecule has 0 atom stereocenters. The van der Waals surface area contributed by atoms with Crippen LogP contribution in [-0.2, 0) is 11.3 Å². The number of hydrogen-bond acceptors (Lipinski definition) is 5. The SMILES string of the molecule is Nc1ncnc2cc(CN3CCN(CC4=CC(Cl)=CCC4)CC3=O)ccc12. The van der Waals surface area contributed by atoms with Gasteiger partial charge in [-0.1, -0.05) is 29.3 Å². The minimum atomic E-state index is 0.154. The van der Waals surface area contributed by atoms with Crippen LogP contribution in [0.1, 0.15) is 18.4 Å². The molecule has 0 unspecified atom stereocenters. The van der Waals surface area contributed by atoms with E-state index in [1.54, 1.807) is 0 Å². The Morgan fingerprint density at radius 1 is 1.19 bits per heavy atom. The van der Waals surface area contributed by atoms with E-state index < -0.39 is 0 Å². The molecule has 1 aromatic heterocycles. The van der Waals surface area contributed by atoms with Gasteiger partial charge in [-0.2, -0.15) is 0 Å². The molecular weight excluding hydrogens is 362 g/mol. The van der Waals surface area contributed by atoms with Gasteiger partial charge < -0.3 is 10.6 Å². The lowest BCUT2D eigenvalue weighted by Crippen LogP contribution is -2.50. The average Bonchev–Trinajstić information content (AvgIpc) is 2.64. The van der Waals surface area contributed by atoms with Crippen LogP contribution in [0, 0.1) is 0 Å². The monoisotopic (exact) mass is 383 g/mol. The standard InChI is InChI=1S/C20H22ClN5O/c21-16-3-1-2-14(8-16)10-25-6-7-26(19(27)12-25)11-15-4-5-17-18(9-15)23-13-24-20(17)22/h3-5,8-9,13H,1-2,6-7,10-12H2,(H2,22,23,24). The molecule has 1 aromatic carbocycles. The Labute approximate surface area is 163 Å². The van der Waals surface area contributed by atoms with Crippen molar-refractivity contribution >= 4 is 34.2 Å². The number of anilines is 1. The summed E-state index contributed by atoms with van der Waals surface area (Å²) in [5, 5.41) is 1.65. The summed E-state index contributed by atoms with van der Waals surface area (Å²) in [4.78, 5) is 25.0. The average molecular weight is 384 g/mol. The summed E-state index contributed by atoms with van der Waals surface area (Å²) in [6, 6.07) is 5.89. The van der Waals surface area contributed by atoms with E-state index in [4.69, 9.17) is 17.3 Å². The van der Waals surface area contributed by atoms with Gasteiger partial charge >= 0.3 is 0 Å². The predicted molar refractivity (Wildman–Crippen MR) is 107 cm³/mol. The summed E-state index contributed by atoms with van der Waals surface area (Å²) < 4.78 is 0. The van der Waals surface area contributed by atoms with E-state index in [0.717, 1.165) is 54.0 Å². The second-order valence-corrected chi connectivity index (χ2v) is 7.50. The number of nitrogens with zero attached hydrogens (tertiary/aromatic N) is 4. The van der Waals surface area contributed by atoms with E-state index >= 15 is 0 Å². The number of carbonyl (C=O) groups excluding carboxylic acids is 1. The second kappa shape index (κ2) is 7.66. The number of nitrogens with two attached hydrogens (primary N) is 1. The third-order valence-corrected chi connectivity index (χ3v) is 5.34. The molecule has 1 amide bonds. The van der Waals surface area contributed by atoms with E-state index in [1.165, 1.54) is 11.9 Å². The number of fused-ring (bicyclic) bond motifs is 1. The zero-order chi connectivity index (χ0) is 18.8. The molecule has 0 radical (unpaired) electrons. The van der Waals surface area contributed by atoms with Crippen molar-refractivity contribution in [2.24, 2.45) is 0 Å². The van der Waals surface area contributed by atoms with Crippen LogP contribution >= 0.6 is 11.6 Å². The van der Waals surface area contributed by atoms with E-state index in [2.05, 4.69) is 14.9 Å². The Hall–Kier alpha value is -2.44.